The number of carbonyl (C=O) groups excluding carboxylic acids is 3. The van der Waals surface area contributed by atoms with Gasteiger partial charge in [0.25, 0.3) is 11.1 Å². The van der Waals surface area contributed by atoms with Gasteiger partial charge in [0.1, 0.15) is 0 Å². The van der Waals surface area contributed by atoms with E-state index in [1.54, 1.807) is 54.6 Å². The third kappa shape index (κ3) is 5.66. The summed E-state index contributed by atoms with van der Waals surface area (Å²) in [6, 6.07) is 23.0. The number of hydrogen-bond acceptors (Lipinski definition) is 6. The molecule has 1 saturated heterocycles. The molecular formula is C30H21Cl2NO5S. The SMILES string of the molecule is CCOc1cc(/C=C2\SC(=O)N(Cc3c(Cl)cccc3Cl)C2=O)ccc1OC(=O)c1cccc2ccccc12. The van der Waals surface area contributed by atoms with E-state index in [4.69, 9.17) is 32.7 Å². The summed E-state index contributed by atoms with van der Waals surface area (Å²) >= 11 is 13.3. The van der Waals surface area contributed by atoms with Crippen LogP contribution in [0.1, 0.15) is 28.4 Å². The first-order valence-corrected chi connectivity index (χ1v) is 13.6. The zero-order valence-corrected chi connectivity index (χ0v) is 23.0. The number of nitrogens with zero attached hydrogens (tertiary/aromatic N) is 1. The fourth-order valence-corrected chi connectivity index (χ4v) is 5.51. The maximum atomic E-state index is 13.1. The van der Waals surface area contributed by atoms with Gasteiger partial charge >= 0.3 is 5.97 Å². The van der Waals surface area contributed by atoms with Crippen molar-refractivity contribution >= 4 is 68.9 Å². The van der Waals surface area contributed by atoms with E-state index in [9.17, 15) is 14.4 Å². The first-order valence-electron chi connectivity index (χ1n) is 12.0. The predicted molar refractivity (Wildman–Crippen MR) is 154 cm³/mol. The van der Waals surface area contributed by atoms with E-state index in [2.05, 4.69) is 0 Å². The van der Waals surface area contributed by atoms with E-state index in [1.807, 2.05) is 37.3 Å². The predicted octanol–water partition coefficient (Wildman–Crippen LogP) is 8.00. The molecule has 39 heavy (non-hydrogen) atoms. The van der Waals surface area contributed by atoms with Crippen LogP contribution in [0.3, 0.4) is 0 Å². The number of imide groups is 1. The zero-order valence-electron chi connectivity index (χ0n) is 20.6. The minimum absolute atomic E-state index is 0.0340. The Bertz CT molecular complexity index is 1630. The Kier molecular flexibility index (Phi) is 7.93. The maximum Gasteiger partial charge on any atom is 0.344 e. The van der Waals surface area contributed by atoms with Gasteiger partial charge in [-0.1, -0.05) is 71.7 Å². The standard InChI is InChI=1S/C30H21Cl2NO5S/c1-2-37-26-15-18(13-14-25(26)38-29(35)21-10-5-8-19-7-3-4-9-20(19)21)16-27-28(34)33(30(36)39-27)17-22-23(31)11-6-12-24(22)32/h3-16H,2,17H2,1H3/b27-16-. The number of rotatable bonds is 7. The number of hydrogen-bond donors (Lipinski definition) is 0. The molecule has 0 N–H and O–H groups in total. The van der Waals surface area contributed by atoms with E-state index in [0.717, 1.165) is 27.4 Å². The molecule has 196 valence electrons. The Morgan fingerprint density at radius 2 is 1.64 bits per heavy atom. The number of carbonyl (C=O) groups is 3. The van der Waals surface area contributed by atoms with Gasteiger partial charge in [0.15, 0.2) is 11.5 Å². The Hall–Kier alpha value is -3.78. The highest BCUT2D eigenvalue weighted by atomic mass is 35.5. The van der Waals surface area contributed by atoms with Crippen LogP contribution in [0.25, 0.3) is 16.8 Å². The molecule has 1 aliphatic heterocycles. The largest absolute Gasteiger partial charge is 0.490 e. The summed E-state index contributed by atoms with van der Waals surface area (Å²) in [7, 11) is 0. The molecule has 0 radical (unpaired) electrons. The van der Waals surface area contributed by atoms with E-state index in [1.165, 1.54) is 0 Å². The average molecular weight is 578 g/mol. The van der Waals surface area contributed by atoms with Gasteiger partial charge in [-0.25, -0.2) is 4.79 Å². The zero-order chi connectivity index (χ0) is 27.5. The van der Waals surface area contributed by atoms with Gasteiger partial charge in [-0.3, -0.25) is 14.5 Å². The topological polar surface area (TPSA) is 72.9 Å². The van der Waals surface area contributed by atoms with Crippen molar-refractivity contribution in [2.45, 2.75) is 13.5 Å². The highest BCUT2D eigenvalue weighted by Gasteiger charge is 2.35. The van der Waals surface area contributed by atoms with Crippen molar-refractivity contribution in [3.8, 4) is 11.5 Å². The molecule has 4 aromatic rings. The molecule has 6 nitrogen and oxygen atoms in total. The van der Waals surface area contributed by atoms with Crippen LogP contribution in [0, 0.1) is 0 Å². The molecule has 0 spiro atoms. The quantitative estimate of drug-likeness (QED) is 0.126. The summed E-state index contributed by atoms with van der Waals surface area (Å²) in [5.41, 5.74) is 1.54. The van der Waals surface area contributed by atoms with Gasteiger partial charge in [-0.15, -0.1) is 0 Å². The van der Waals surface area contributed by atoms with Crippen molar-refractivity contribution in [1.29, 1.82) is 0 Å². The number of halogens is 2. The summed E-state index contributed by atoms with van der Waals surface area (Å²) in [4.78, 5) is 40.1. The second-order valence-electron chi connectivity index (χ2n) is 8.52. The lowest BCUT2D eigenvalue weighted by atomic mass is 10.0. The van der Waals surface area contributed by atoms with E-state index in [0.29, 0.717) is 39.1 Å². The first kappa shape index (κ1) is 26.8. The normalized spacial score (nSPS) is 14.3. The van der Waals surface area contributed by atoms with Crippen molar-refractivity contribution in [2.24, 2.45) is 0 Å². The van der Waals surface area contributed by atoms with Gasteiger partial charge < -0.3 is 9.47 Å². The Labute approximate surface area is 239 Å². The van der Waals surface area contributed by atoms with Crippen LogP contribution in [-0.4, -0.2) is 28.6 Å². The highest BCUT2D eigenvalue weighted by molar-refractivity contribution is 8.18. The van der Waals surface area contributed by atoms with Crippen LogP contribution in [0.5, 0.6) is 11.5 Å². The average Bonchev–Trinajstić information content (AvgIpc) is 3.19. The number of thioether (sulfide) groups is 1. The molecule has 0 saturated carbocycles. The lowest BCUT2D eigenvalue weighted by Gasteiger charge is -2.14. The smallest absolute Gasteiger partial charge is 0.344 e. The summed E-state index contributed by atoms with van der Waals surface area (Å²) in [5, 5.41) is 2.04. The maximum absolute atomic E-state index is 13.1. The molecule has 0 bridgehead atoms. The second kappa shape index (κ2) is 11.5. The summed E-state index contributed by atoms with van der Waals surface area (Å²) in [6.45, 7) is 2.11. The van der Waals surface area contributed by atoms with Gasteiger partial charge in [-0.2, -0.15) is 0 Å². The van der Waals surface area contributed by atoms with E-state index >= 15 is 0 Å². The Balaban J connectivity index is 1.38. The van der Waals surface area contributed by atoms with Crippen molar-refractivity contribution in [3.05, 3.63) is 111 Å². The summed E-state index contributed by atoms with van der Waals surface area (Å²) in [5.74, 6) is -0.388. The van der Waals surface area contributed by atoms with Crippen LogP contribution in [0.2, 0.25) is 10.0 Å². The van der Waals surface area contributed by atoms with Crippen molar-refractivity contribution in [3.63, 3.8) is 0 Å². The number of amides is 2. The molecule has 1 heterocycles. The van der Waals surface area contributed by atoms with Crippen LogP contribution in [0.15, 0.2) is 83.8 Å². The monoisotopic (exact) mass is 577 g/mol. The van der Waals surface area contributed by atoms with Crippen molar-refractivity contribution in [1.82, 2.24) is 4.90 Å². The van der Waals surface area contributed by atoms with E-state index < -0.39 is 17.1 Å². The molecular weight excluding hydrogens is 557 g/mol. The molecule has 0 unspecified atom stereocenters. The van der Waals surface area contributed by atoms with Gasteiger partial charge in [0.2, 0.25) is 0 Å². The molecule has 0 aliphatic carbocycles. The highest BCUT2D eigenvalue weighted by Crippen LogP contribution is 2.37. The van der Waals surface area contributed by atoms with Crippen LogP contribution in [-0.2, 0) is 11.3 Å². The fourth-order valence-electron chi connectivity index (χ4n) is 4.15. The van der Waals surface area contributed by atoms with Crippen LogP contribution >= 0.6 is 35.0 Å². The third-order valence-electron chi connectivity index (χ3n) is 6.03. The molecule has 0 atom stereocenters. The van der Waals surface area contributed by atoms with Crippen molar-refractivity contribution < 1.29 is 23.9 Å². The number of esters is 1. The summed E-state index contributed by atoms with van der Waals surface area (Å²) in [6.07, 6.45) is 1.60. The second-order valence-corrected chi connectivity index (χ2v) is 10.3. The van der Waals surface area contributed by atoms with Crippen LogP contribution < -0.4 is 9.47 Å². The van der Waals surface area contributed by atoms with Gasteiger partial charge in [-0.05, 0) is 71.4 Å². The summed E-state index contributed by atoms with van der Waals surface area (Å²) < 4.78 is 11.5. The minimum atomic E-state index is -0.514. The lowest BCUT2D eigenvalue weighted by Crippen LogP contribution is -2.27. The third-order valence-corrected chi connectivity index (χ3v) is 7.64. The molecule has 2 amide bonds. The first-order chi connectivity index (χ1) is 18.9. The minimum Gasteiger partial charge on any atom is -0.490 e. The number of ether oxygens (including phenoxy) is 2. The number of benzene rings is 4. The molecule has 1 aliphatic rings. The Morgan fingerprint density at radius 1 is 0.923 bits per heavy atom. The lowest BCUT2D eigenvalue weighted by molar-refractivity contribution is -0.123. The number of fused-ring (bicyclic) bond motifs is 1. The molecule has 5 rings (SSSR count). The fraction of sp³-hybridized carbons (Fsp3) is 0.100. The van der Waals surface area contributed by atoms with Crippen LogP contribution in [0.4, 0.5) is 4.79 Å². The molecule has 1 fully saturated rings. The molecule has 4 aromatic carbocycles. The van der Waals surface area contributed by atoms with Gasteiger partial charge in [0.05, 0.1) is 23.6 Å². The van der Waals surface area contributed by atoms with Gasteiger partial charge in [0, 0.05) is 15.6 Å². The van der Waals surface area contributed by atoms with Crippen molar-refractivity contribution in [2.75, 3.05) is 6.61 Å². The Morgan fingerprint density at radius 3 is 2.41 bits per heavy atom. The molecule has 9 heteroatoms. The molecule has 0 aromatic heterocycles. The van der Waals surface area contributed by atoms with E-state index in [-0.39, 0.29) is 17.2 Å².